The van der Waals surface area contributed by atoms with Gasteiger partial charge in [0.25, 0.3) is 0 Å². The second-order valence-electron chi connectivity index (χ2n) is 7.30. The molecule has 26 heavy (non-hydrogen) atoms. The maximum Gasteiger partial charge on any atom is 0.0871 e. The number of aliphatic hydroxyl groups is 2. The van der Waals surface area contributed by atoms with Crippen LogP contribution in [0.4, 0.5) is 5.69 Å². The van der Waals surface area contributed by atoms with E-state index in [1.807, 2.05) is 6.07 Å². The summed E-state index contributed by atoms with van der Waals surface area (Å²) in [7, 11) is 0. The molecule has 1 saturated carbocycles. The Bertz CT molecular complexity index is 852. The first-order valence-electron chi connectivity index (χ1n) is 9.04. The molecule has 0 radical (unpaired) electrons. The van der Waals surface area contributed by atoms with E-state index in [-0.39, 0.29) is 11.8 Å². The number of hydrogen-bond acceptors (Lipinski definition) is 5. The van der Waals surface area contributed by atoms with Gasteiger partial charge in [0.2, 0.25) is 0 Å². The van der Waals surface area contributed by atoms with Gasteiger partial charge in [-0.1, -0.05) is 23.8 Å². The Morgan fingerprint density at radius 3 is 2.88 bits per heavy atom. The number of allylic oxidation sites excluding steroid dienone is 1. The van der Waals surface area contributed by atoms with Crippen molar-refractivity contribution >= 4 is 23.0 Å². The zero-order chi connectivity index (χ0) is 18.3. The minimum absolute atomic E-state index is 0.0616. The van der Waals surface area contributed by atoms with Crippen molar-refractivity contribution in [1.82, 2.24) is 4.98 Å². The van der Waals surface area contributed by atoms with Gasteiger partial charge in [0.05, 0.1) is 17.9 Å². The fourth-order valence-corrected chi connectivity index (χ4v) is 5.30. The molecular formula is C21H24N2O2S. The van der Waals surface area contributed by atoms with Crippen molar-refractivity contribution in [3.63, 3.8) is 0 Å². The van der Waals surface area contributed by atoms with Crippen LogP contribution in [0.5, 0.6) is 0 Å². The lowest BCUT2D eigenvalue weighted by atomic mass is 9.93. The normalized spacial score (nSPS) is 27.4. The van der Waals surface area contributed by atoms with Gasteiger partial charge in [-0.2, -0.15) is 0 Å². The number of anilines is 1. The van der Waals surface area contributed by atoms with Crippen molar-refractivity contribution in [2.45, 2.75) is 36.9 Å². The fourth-order valence-electron chi connectivity index (χ4n) is 4.11. The van der Waals surface area contributed by atoms with Crippen LogP contribution in [0.25, 0.3) is 5.57 Å². The minimum atomic E-state index is -0.751. The van der Waals surface area contributed by atoms with Crippen LogP contribution in [0, 0.1) is 18.8 Å². The Kier molecular flexibility index (Phi) is 4.78. The molecule has 5 heteroatoms. The van der Waals surface area contributed by atoms with Gasteiger partial charge in [0, 0.05) is 34.0 Å². The number of thioether (sulfide) groups is 1. The molecule has 1 aromatic carbocycles. The van der Waals surface area contributed by atoms with Crippen molar-refractivity contribution in [3.05, 3.63) is 59.4 Å². The highest BCUT2D eigenvalue weighted by Crippen LogP contribution is 2.45. The average molecular weight is 369 g/mol. The summed E-state index contributed by atoms with van der Waals surface area (Å²) in [6, 6.07) is 10.2. The highest BCUT2D eigenvalue weighted by Gasteiger charge is 2.44. The van der Waals surface area contributed by atoms with E-state index >= 15 is 0 Å². The molecule has 2 aliphatic carbocycles. The molecule has 1 heterocycles. The Hall–Kier alpha value is -1.82. The molecule has 4 nitrogen and oxygen atoms in total. The number of aliphatic hydroxyl groups excluding tert-OH is 2. The summed E-state index contributed by atoms with van der Waals surface area (Å²) in [6.07, 6.45) is 3.90. The van der Waals surface area contributed by atoms with E-state index in [1.165, 1.54) is 10.5 Å². The predicted molar refractivity (Wildman–Crippen MR) is 106 cm³/mol. The highest BCUT2D eigenvalue weighted by molar-refractivity contribution is 7.99. The van der Waals surface area contributed by atoms with Gasteiger partial charge in [-0.25, -0.2) is 0 Å². The highest BCUT2D eigenvalue weighted by atomic mass is 32.2. The van der Waals surface area contributed by atoms with Crippen LogP contribution in [-0.4, -0.2) is 33.2 Å². The van der Waals surface area contributed by atoms with Gasteiger partial charge < -0.3 is 15.9 Å². The number of fused-ring (bicyclic) bond motifs is 1. The SMILES string of the molecule is Cc1cccc(SC[C@H]2C[C@@H](C3=CCc4c(N)ccnc43)C(O)[C@H]2O)c1. The second-order valence-corrected chi connectivity index (χ2v) is 8.40. The number of nitrogens with zero attached hydrogens (tertiary/aromatic N) is 1. The molecule has 4 atom stereocenters. The summed E-state index contributed by atoms with van der Waals surface area (Å²) >= 11 is 1.74. The van der Waals surface area contributed by atoms with E-state index in [4.69, 9.17) is 5.73 Å². The summed E-state index contributed by atoms with van der Waals surface area (Å²) < 4.78 is 0. The van der Waals surface area contributed by atoms with Crippen LogP contribution in [0.2, 0.25) is 0 Å². The first-order chi connectivity index (χ1) is 12.5. The van der Waals surface area contributed by atoms with E-state index in [0.29, 0.717) is 0 Å². The van der Waals surface area contributed by atoms with Gasteiger partial charge in [-0.05, 0) is 49.5 Å². The number of nitrogens with two attached hydrogens (primary N) is 1. The average Bonchev–Trinajstić information content (AvgIpc) is 3.17. The molecule has 136 valence electrons. The maximum absolute atomic E-state index is 10.7. The Morgan fingerprint density at radius 1 is 1.23 bits per heavy atom. The third-order valence-electron chi connectivity index (χ3n) is 5.55. The fraction of sp³-hybridized carbons (Fsp3) is 0.381. The monoisotopic (exact) mass is 368 g/mol. The number of rotatable bonds is 4. The number of hydrogen-bond donors (Lipinski definition) is 3. The van der Waals surface area contributed by atoms with Crippen LogP contribution in [0.1, 0.15) is 23.2 Å². The number of aryl methyl sites for hydroxylation is 1. The molecule has 0 saturated heterocycles. The number of nitrogen functional groups attached to an aromatic ring is 1. The Balaban J connectivity index is 1.48. The van der Waals surface area contributed by atoms with E-state index in [9.17, 15) is 10.2 Å². The van der Waals surface area contributed by atoms with Crippen molar-refractivity contribution in [1.29, 1.82) is 0 Å². The molecular weight excluding hydrogens is 344 g/mol. The zero-order valence-electron chi connectivity index (χ0n) is 14.8. The minimum Gasteiger partial charge on any atom is -0.398 e. The van der Waals surface area contributed by atoms with Crippen LogP contribution < -0.4 is 5.73 Å². The molecule has 1 aromatic heterocycles. The molecule has 0 spiro atoms. The molecule has 0 aliphatic heterocycles. The van der Waals surface area contributed by atoms with Crippen LogP contribution in [0.3, 0.4) is 0 Å². The predicted octanol–water partition coefficient (Wildman–Crippen LogP) is 3.06. The molecule has 1 fully saturated rings. The largest absolute Gasteiger partial charge is 0.398 e. The number of aromatic nitrogens is 1. The van der Waals surface area contributed by atoms with Crippen LogP contribution in [-0.2, 0) is 6.42 Å². The lowest BCUT2D eigenvalue weighted by molar-refractivity contribution is 0.0160. The third kappa shape index (κ3) is 3.15. The van der Waals surface area contributed by atoms with Crippen molar-refractivity contribution in [3.8, 4) is 0 Å². The lowest BCUT2D eigenvalue weighted by Crippen LogP contribution is -2.29. The van der Waals surface area contributed by atoms with Crippen LogP contribution >= 0.6 is 11.8 Å². The molecule has 4 rings (SSSR count). The van der Waals surface area contributed by atoms with Crippen molar-refractivity contribution < 1.29 is 10.2 Å². The summed E-state index contributed by atoms with van der Waals surface area (Å²) in [5.74, 6) is 0.776. The first-order valence-corrected chi connectivity index (χ1v) is 10.0. The third-order valence-corrected chi connectivity index (χ3v) is 6.73. The van der Waals surface area contributed by atoms with Crippen molar-refractivity contribution in [2.24, 2.45) is 11.8 Å². The van der Waals surface area contributed by atoms with Gasteiger partial charge >= 0.3 is 0 Å². The quantitative estimate of drug-likeness (QED) is 0.723. The molecule has 0 amide bonds. The smallest absolute Gasteiger partial charge is 0.0871 e. The molecule has 4 N–H and O–H groups in total. The van der Waals surface area contributed by atoms with E-state index in [0.717, 1.165) is 41.1 Å². The number of pyridine rings is 1. The maximum atomic E-state index is 10.7. The van der Waals surface area contributed by atoms with Gasteiger partial charge in [-0.3, -0.25) is 4.98 Å². The Morgan fingerprint density at radius 2 is 2.08 bits per heavy atom. The van der Waals surface area contributed by atoms with E-state index in [2.05, 4.69) is 42.2 Å². The lowest BCUT2D eigenvalue weighted by Gasteiger charge is -2.18. The number of benzene rings is 1. The summed E-state index contributed by atoms with van der Waals surface area (Å²) in [4.78, 5) is 5.69. The summed E-state index contributed by atoms with van der Waals surface area (Å²) in [5, 5.41) is 21.3. The molecule has 0 bridgehead atoms. The topological polar surface area (TPSA) is 79.4 Å². The molecule has 2 aliphatic rings. The Labute approximate surface area is 158 Å². The standard InChI is InChI=1S/C21H24N2O2S/c1-12-3-2-4-14(9-12)26-11-13-10-17(21(25)20(13)24)15-5-6-16-18(22)7-8-23-19(15)16/h2-5,7-9,13,17,20-21,24-25H,6,10-11H2,1H3,(H2,22,23)/t13-,17+,20+,21?/m1/s1. The van der Waals surface area contributed by atoms with Crippen LogP contribution in [0.15, 0.2) is 47.5 Å². The zero-order valence-corrected chi connectivity index (χ0v) is 15.6. The second kappa shape index (κ2) is 7.06. The van der Waals surface area contributed by atoms with Gasteiger partial charge in [-0.15, -0.1) is 11.8 Å². The van der Waals surface area contributed by atoms with E-state index in [1.54, 1.807) is 18.0 Å². The van der Waals surface area contributed by atoms with Crippen molar-refractivity contribution in [2.75, 3.05) is 11.5 Å². The summed E-state index contributed by atoms with van der Waals surface area (Å²) in [6.45, 7) is 2.08. The molecule has 2 aromatic rings. The van der Waals surface area contributed by atoms with E-state index < -0.39 is 12.2 Å². The van der Waals surface area contributed by atoms with Gasteiger partial charge in [0.1, 0.15) is 0 Å². The molecule has 1 unspecified atom stereocenters. The van der Waals surface area contributed by atoms with Gasteiger partial charge in [0.15, 0.2) is 0 Å². The first kappa shape index (κ1) is 17.6. The summed E-state index contributed by atoms with van der Waals surface area (Å²) in [5.41, 5.74) is 11.0.